The average molecular weight is 225 g/mol. The molecule has 2 rings (SSSR count). The number of halogens is 1. The number of nitrogens with two attached hydrogens (primary N) is 2. The lowest BCUT2D eigenvalue weighted by Crippen LogP contribution is -1.90. The quantitative estimate of drug-likeness (QED) is 0.731. The predicted molar refractivity (Wildman–Crippen MR) is 63.6 cm³/mol. The van der Waals surface area contributed by atoms with Gasteiger partial charge in [-0.15, -0.1) is 11.3 Å². The Labute approximate surface area is 91.1 Å². The van der Waals surface area contributed by atoms with E-state index in [1.807, 2.05) is 23.6 Å². The van der Waals surface area contributed by atoms with E-state index >= 15 is 0 Å². The van der Waals surface area contributed by atoms with Crippen LogP contribution in [-0.2, 0) is 0 Å². The molecule has 0 atom stereocenters. The van der Waals surface area contributed by atoms with Crippen molar-refractivity contribution < 1.29 is 0 Å². The summed E-state index contributed by atoms with van der Waals surface area (Å²) in [5.74, 6) is 0. The highest BCUT2D eigenvalue weighted by atomic mass is 35.5. The van der Waals surface area contributed by atoms with E-state index in [1.54, 1.807) is 17.4 Å². The molecule has 0 aliphatic rings. The smallest absolute Gasteiger partial charge is 0.0592 e. The van der Waals surface area contributed by atoms with Crippen molar-refractivity contribution in [1.29, 1.82) is 0 Å². The van der Waals surface area contributed by atoms with Gasteiger partial charge in [0.25, 0.3) is 0 Å². The molecule has 1 heterocycles. The second kappa shape index (κ2) is 3.52. The Morgan fingerprint density at radius 1 is 1.07 bits per heavy atom. The lowest BCUT2D eigenvalue weighted by atomic mass is 10.1. The minimum atomic E-state index is 0.657. The largest absolute Gasteiger partial charge is 0.399 e. The summed E-state index contributed by atoms with van der Waals surface area (Å²) in [6.45, 7) is 0. The average Bonchev–Trinajstić information content (AvgIpc) is 2.49. The van der Waals surface area contributed by atoms with E-state index in [0.717, 1.165) is 15.5 Å². The number of thiophene rings is 1. The van der Waals surface area contributed by atoms with Crippen LogP contribution in [0.15, 0.2) is 29.6 Å². The van der Waals surface area contributed by atoms with Crippen molar-refractivity contribution in [1.82, 2.24) is 0 Å². The molecule has 0 saturated carbocycles. The number of anilines is 2. The van der Waals surface area contributed by atoms with Crippen molar-refractivity contribution in [3.8, 4) is 10.4 Å². The van der Waals surface area contributed by atoms with Crippen LogP contribution in [-0.4, -0.2) is 0 Å². The third kappa shape index (κ3) is 1.69. The highest BCUT2D eigenvalue weighted by Gasteiger charge is 2.05. The summed E-state index contributed by atoms with van der Waals surface area (Å²) in [6, 6.07) is 7.33. The van der Waals surface area contributed by atoms with Crippen molar-refractivity contribution in [2.75, 3.05) is 11.5 Å². The summed E-state index contributed by atoms with van der Waals surface area (Å²) >= 11 is 7.58. The van der Waals surface area contributed by atoms with Gasteiger partial charge in [0.15, 0.2) is 0 Å². The molecule has 4 heteroatoms. The van der Waals surface area contributed by atoms with Gasteiger partial charge in [0.1, 0.15) is 0 Å². The summed E-state index contributed by atoms with van der Waals surface area (Å²) in [7, 11) is 0. The van der Waals surface area contributed by atoms with Gasteiger partial charge in [0, 0.05) is 11.4 Å². The van der Waals surface area contributed by atoms with E-state index in [0.29, 0.717) is 11.4 Å². The van der Waals surface area contributed by atoms with Crippen molar-refractivity contribution in [3.63, 3.8) is 0 Å². The second-order valence-corrected chi connectivity index (χ2v) is 4.31. The Bertz CT molecular complexity index is 445. The first kappa shape index (κ1) is 9.37. The Morgan fingerprint density at radius 2 is 1.71 bits per heavy atom. The lowest BCUT2D eigenvalue weighted by Gasteiger charge is -2.02. The van der Waals surface area contributed by atoms with Crippen LogP contribution in [0.5, 0.6) is 0 Å². The molecular formula is C10H9ClN2S. The van der Waals surface area contributed by atoms with Gasteiger partial charge in [0.2, 0.25) is 0 Å². The third-order valence-electron chi connectivity index (χ3n) is 1.86. The molecule has 0 radical (unpaired) electrons. The normalized spacial score (nSPS) is 10.4. The maximum absolute atomic E-state index is 6.01. The van der Waals surface area contributed by atoms with Gasteiger partial charge in [-0.05, 0) is 35.2 Å². The highest BCUT2D eigenvalue weighted by molar-refractivity contribution is 7.14. The molecule has 0 fully saturated rings. The molecule has 0 bridgehead atoms. The molecule has 2 aromatic rings. The Kier molecular flexibility index (Phi) is 2.35. The molecular weight excluding hydrogens is 216 g/mol. The fourth-order valence-electron chi connectivity index (χ4n) is 1.31. The van der Waals surface area contributed by atoms with Gasteiger partial charge in [-0.1, -0.05) is 11.6 Å². The van der Waals surface area contributed by atoms with Crippen LogP contribution >= 0.6 is 22.9 Å². The highest BCUT2D eigenvalue weighted by Crippen LogP contribution is 2.35. The summed E-state index contributed by atoms with van der Waals surface area (Å²) in [5, 5.41) is 2.68. The molecule has 0 spiro atoms. The molecule has 1 aromatic carbocycles. The molecule has 2 nitrogen and oxygen atoms in total. The van der Waals surface area contributed by atoms with Gasteiger partial charge in [-0.3, -0.25) is 0 Å². The summed E-state index contributed by atoms with van der Waals surface area (Å²) < 4.78 is 0. The zero-order valence-electron chi connectivity index (χ0n) is 7.33. The molecule has 0 saturated heterocycles. The zero-order valence-corrected chi connectivity index (χ0v) is 8.90. The molecule has 0 aliphatic carbocycles. The van der Waals surface area contributed by atoms with E-state index in [1.165, 1.54) is 0 Å². The van der Waals surface area contributed by atoms with Gasteiger partial charge >= 0.3 is 0 Å². The van der Waals surface area contributed by atoms with Crippen LogP contribution < -0.4 is 11.5 Å². The number of benzene rings is 1. The number of nitrogen functional groups attached to an aromatic ring is 2. The number of rotatable bonds is 1. The molecule has 4 N–H and O–H groups in total. The summed E-state index contributed by atoms with van der Waals surface area (Å²) in [5.41, 5.74) is 13.7. The summed E-state index contributed by atoms with van der Waals surface area (Å²) in [6.07, 6.45) is 0. The molecule has 72 valence electrons. The first-order chi connectivity index (χ1) is 6.66. The van der Waals surface area contributed by atoms with Gasteiger partial charge in [0.05, 0.1) is 9.90 Å². The summed E-state index contributed by atoms with van der Waals surface area (Å²) in [4.78, 5) is 1.01. The third-order valence-corrected chi connectivity index (χ3v) is 3.25. The Balaban J connectivity index is 2.57. The van der Waals surface area contributed by atoms with Gasteiger partial charge in [-0.25, -0.2) is 0 Å². The van der Waals surface area contributed by atoms with Crippen molar-refractivity contribution in [3.05, 3.63) is 34.7 Å². The Morgan fingerprint density at radius 3 is 2.21 bits per heavy atom. The molecule has 0 aliphatic heterocycles. The monoisotopic (exact) mass is 224 g/mol. The fraction of sp³-hybridized carbons (Fsp3) is 0. The van der Waals surface area contributed by atoms with Crippen molar-refractivity contribution in [2.45, 2.75) is 0 Å². The molecule has 1 aromatic heterocycles. The van der Waals surface area contributed by atoms with Gasteiger partial charge < -0.3 is 11.5 Å². The van der Waals surface area contributed by atoms with Crippen molar-refractivity contribution in [2.24, 2.45) is 0 Å². The van der Waals surface area contributed by atoms with E-state index in [4.69, 9.17) is 23.1 Å². The van der Waals surface area contributed by atoms with E-state index in [2.05, 4.69) is 0 Å². The van der Waals surface area contributed by atoms with Crippen LogP contribution in [0, 0.1) is 0 Å². The zero-order chi connectivity index (χ0) is 10.1. The standard InChI is InChI=1S/C10H9ClN2S/c11-9-1-2-14-10(9)6-3-7(12)5-8(13)4-6/h1-5H,12-13H2. The van der Waals surface area contributed by atoms with Crippen molar-refractivity contribution >= 4 is 34.3 Å². The molecule has 0 unspecified atom stereocenters. The van der Waals surface area contributed by atoms with E-state index in [9.17, 15) is 0 Å². The minimum Gasteiger partial charge on any atom is -0.399 e. The minimum absolute atomic E-state index is 0.657. The SMILES string of the molecule is Nc1cc(N)cc(-c2sccc2Cl)c1. The van der Waals surface area contributed by atoms with Crippen LogP contribution in [0.4, 0.5) is 11.4 Å². The van der Waals surface area contributed by atoms with Crippen LogP contribution in [0.1, 0.15) is 0 Å². The van der Waals surface area contributed by atoms with Crippen LogP contribution in [0.3, 0.4) is 0 Å². The van der Waals surface area contributed by atoms with E-state index < -0.39 is 0 Å². The molecule has 0 amide bonds. The predicted octanol–water partition coefficient (Wildman–Crippen LogP) is 3.23. The van der Waals surface area contributed by atoms with Crippen LogP contribution in [0.2, 0.25) is 5.02 Å². The number of hydrogen-bond donors (Lipinski definition) is 2. The first-order valence-electron chi connectivity index (χ1n) is 4.06. The second-order valence-electron chi connectivity index (χ2n) is 2.99. The maximum atomic E-state index is 6.01. The Hall–Kier alpha value is -1.19. The van der Waals surface area contributed by atoms with Gasteiger partial charge in [-0.2, -0.15) is 0 Å². The number of hydrogen-bond acceptors (Lipinski definition) is 3. The first-order valence-corrected chi connectivity index (χ1v) is 5.32. The fourth-order valence-corrected chi connectivity index (χ4v) is 2.46. The topological polar surface area (TPSA) is 52.0 Å². The van der Waals surface area contributed by atoms with E-state index in [-0.39, 0.29) is 0 Å². The van der Waals surface area contributed by atoms with Crippen LogP contribution in [0.25, 0.3) is 10.4 Å². The maximum Gasteiger partial charge on any atom is 0.0592 e. The molecule has 14 heavy (non-hydrogen) atoms. The lowest BCUT2D eigenvalue weighted by molar-refractivity contribution is 1.66.